The maximum Gasteiger partial charge on any atom is 0.416 e. The Balaban J connectivity index is 0.976. The molecule has 2 unspecified atom stereocenters. The predicted octanol–water partition coefficient (Wildman–Crippen LogP) is 5.91. The second-order valence-corrected chi connectivity index (χ2v) is 11.2. The van der Waals surface area contributed by atoms with Gasteiger partial charge in [0.1, 0.15) is 0 Å². The highest BCUT2D eigenvalue weighted by Gasteiger charge is 2.57. The van der Waals surface area contributed by atoms with Gasteiger partial charge in [0.15, 0.2) is 11.0 Å². The van der Waals surface area contributed by atoms with Gasteiger partial charge in [0, 0.05) is 30.5 Å². The monoisotopic (exact) mass is 540 g/mol. The Kier molecular flexibility index (Phi) is 6.51. The summed E-state index contributed by atoms with van der Waals surface area (Å²) in [6.45, 7) is 3.09. The molecule has 198 valence electrons. The molecule has 1 saturated carbocycles. The molecule has 0 amide bonds. The maximum atomic E-state index is 12.9. The predicted molar refractivity (Wildman–Crippen MR) is 137 cm³/mol. The normalized spacial score (nSPS) is 21.4. The van der Waals surface area contributed by atoms with Crippen molar-refractivity contribution in [2.75, 3.05) is 25.4 Å². The minimum atomic E-state index is -4.28. The van der Waals surface area contributed by atoms with E-state index in [0.29, 0.717) is 11.8 Å². The maximum absolute atomic E-state index is 12.9. The van der Waals surface area contributed by atoms with Crippen molar-refractivity contribution in [2.24, 2.45) is 12.5 Å². The van der Waals surface area contributed by atoms with Crippen LogP contribution in [0.2, 0.25) is 0 Å². The first-order chi connectivity index (χ1) is 18.3. The molecule has 0 N–H and O–H groups in total. The topological polar surface area (TPSA) is 72.9 Å². The van der Waals surface area contributed by atoms with Gasteiger partial charge in [-0.2, -0.15) is 13.2 Å². The van der Waals surface area contributed by atoms with E-state index < -0.39 is 11.7 Å². The van der Waals surface area contributed by atoms with E-state index in [1.807, 2.05) is 35.9 Å². The van der Waals surface area contributed by atoms with Gasteiger partial charge in [-0.1, -0.05) is 36.0 Å². The van der Waals surface area contributed by atoms with E-state index in [1.54, 1.807) is 23.9 Å². The second kappa shape index (κ2) is 9.85. The van der Waals surface area contributed by atoms with Gasteiger partial charge in [0.2, 0.25) is 12.3 Å². The van der Waals surface area contributed by atoms with Crippen molar-refractivity contribution in [1.82, 2.24) is 29.9 Å². The molecule has 38 heavy (non-hydrogen) atoms. The van der Waals surface area contributed by atoms with Gasteiger partial charge in [0.25, 0.3) is 0 Å². The first-order valence-electron chi connectivity index (χ1n) is 12.6. The van der Waals surface area contributed by atoms with Gasteiger partial charge < -0.3 is 13.9 Å². The first-order valence-corrected chi connectivity index (χ1v) is 13.6. The molecule has 3 heterocycles. The van der Waals surface area contributed by atoms with Crippen molar-refractivity contribution in [2.45, 2.75) is 36.5 Å². The summed E-state index contributed by atoms with van der Waals surface area (Å²) in [6.07, 6.45) is 0.248. The Morgan fingerprint density at radius 3 is 2.50 bits per heavy atom. The summed E-state index contributed by atoms with van der Waals surface area (Å²) >= 11 is 1.70. The quantitative estimate of drug-likeness (QED) is 0.203. The zero-order valence-electron chi connectivity index (χ0n) is 20.9. The molecule has 1 spiro atoms. The fourth-order valence-electron chi connectivity index (χ4n) is 5.55. The molecular weight excluding hydrogens is 513 g/mol. The highest BCUT2D eigenvalue weighted by Crippen LogP contribution is 2.64. The van der Waals surface area contributed by atoms with Crippen molar-refractivity contribution >= 4 is 11.8 Å². The molecule has 7 nitrogen and oxygen atoms in total. The highest BCUT2D eigenvalue weighted by atomic mass is 32.2. The Bertz CT molecular complexity index is 1390. The largest absolute Gasteiger partial charge is 0.423 e. The minimum absolute atomic E-state index is 0.241. The number of rotatable bonds is 8. The van der Waals surface area contributed by atoms with E-state index in [0.717, 1.165) is 72.3 Å². The fraction of sp³-hybridized carbons (Fsp3) is 0.407. The van der Waals surface area contributed by atoms with Gasteiger partial charge in [-0.15, -0.1) is 20.4 Å². The van der Waals surface area contributed by atoms with Crippen LogP contribution < -0.4 is 0 Å². The van der Waals surface area contributed by atoms with E-state index >= 15 is 0 Å². The Hall–Kier alpha value is -3.18. The highest BCUT2D eigenvalue weighted by molar-refractivity contribution is 7.99. The van der Waals surface area contributed by atoms with Crippen molar-refractivity contribution in [3.63, 3.8) is 0 Å². The Labute approximate surface area is 222 Å². The van der Waals surface area contributed by atoms with Crippen LogP contribution in [-0.4, -0.2) is 55.2 Å². The van der Waals surface area contributed by atoms with Crippen molar-refractivity contribution < 1.29 is 17.6 Å². The molecule has 2 aromatic heterocycles. The van der Waals surface area contributed by atoms with E-state index in [1.165, 1.54) is 18.5 Å². The van der Waals surface area contributed by atoms with Crippen LogP contribution in [0.1, 0.15) is 36.3 Å². The summed E-state index contributed by atoms with van der Waals surface area (Å²) in [5.74, 6) is 2.59. The molecule has 11 heteroatoms. The molecule has 0 radical (unpaired) electrons. The average Bonchev–Trinajstić information content (AvgIpc) is 3.29. The number of hydrogen-bond acceptors (Lipinski definition) is 7. The lowest BCUT2D eigenvalue weighted by Crippen LogP contribution is -2.23. The Morgan fingerprint density at radius 2 is 1.79 bits per heavy atom. The third-order valence-corrected chi connectivity index (χ3v) is 8.84. The Morgan fingerprint density at radius 1 is 1.03 bits per heavy atom. The SMILES string of the molecule is Cn1c(SCCCN2CCC3(CC3c3ccc(C(F)(F)F)cc3)C2)nnc1-c1ccc(-c2nnco2)cc1. The van der Waals surface area contributed by atoms with Crippen LogP contribution in [0.5, 0.6) is 0 Å². The van der Waals surface area contributed by atoms with Gasteiger partial charge in [-0.25, -0.2) is 0 Å². The van der Waals surface area contributed by atoms with Crippen LogP contribution in [-0.2, 0) is 13.2 Å². The minimum Gasteiger partial charge on any atom is -0.423 e. The van der Waals surface area contributed by atoms with Crippen LogP contribution in [0.3, 0.4) is 0 Å². The number of benzene rings is 2. The summed E-state index contributed by atoms with van der Waals surface area (Å²) in [7, 11) is 1.97. The average molecular weight is 541 g/mol. The summed E-state index contributed by atoms with van der Waals surface area (Å²) in [5, 5.41) is 17.3. The summed E-state index contributed by atoms with van der Waals surface area (Å²) in [5.41, 5.74) is 2.52. The molecular formula is C27H27F3N6OS. The van der Waals surface area contributed by atoms with Crippen LogP contribution in [0, 0.1) is 5.41 Å². The first kappa shape index (κ1) is 25.1. The van der Waals surface area contributed by atoms with E-state index in [-0.39, 0.29) is 5.41 Å². The van der Waals surface area contributed by atoms with E-state index in [9.17, 15) is 13.2 Å². The van der Waals surface area contributed by atoms with Crippen molar-refractivity contribution in [3.8, 4) is 22.8 Å². The third-order valence-electron chi connectivity index (χ3n) is 7.73. The number of alkyl halides is 3. The van der Waals surface area contributed by atoms with Crippen LogP contribution in [0.25, 0.3) is 22.8 Å². The number of likely N-dealkylation sites (tertiary alicyclic amines) is 1. The lowest BCUT2D eigenvalue weighted by atomic mass is 9.97. The lowest BCUT2D eigenvalue weighted by molar-refractivity contribution is -0.137. The molecule has 2 aromatic carbocycles. The number of aromatic nitrogens is 5. The summed E-state index contributed by atoms with van der Waals surface area (Å²) < 4.78 is 45.9. The van der Waals surface area contributed by atoms with Gasteiger partial charge in [-0.05, 0) is 73.5 Å². The standard InChI is InChI=1S/C27H27F3N6OS/c1-35-23(19-3-5-20(6-4-19)24-33-31-17-37-24)32-34-25(35)38-14-2-12-36-13-11-26(16-36)15-22(26)18-7-9-21(10-8-18)27(28,29)30/h3-10,17,22H,2,11-16H2,1H3. The molecule has 2 atom stereocenters. The van der Waals surface area contributed by atoms with Crippen molar-refractivity contribution in [3.05, 3.63) is 66.1 Å². The summed E-state index contributed by atoms with van der Waals surface area (Å²) in [4.78, 5) is 2.50. The molecule has 4 aromatic rings. The third kappa shape index (κ3) is 4.96. The fourth-order valence-corrected chi connectivity index (χ4v) is 6.39. The number of hydrogen-bond donors (Lipinski definition) is 0. The number of halogens is 3. The van der Waals surface area contributed by atoms with Crippen LogP contribution in [0.4, 0.5) is 13.2 Å². The molecule has 2 aliphatic rings. The zero-order valence-corrected chi connectivity index (χ0v) is 21.7. The summed E-state index contributed by atoms with van der Waals surface area (Å²) in [6, 6.07) is 13.6. The lowest BCUT2D eigenvalue weighted by Gasteiger charge is -2.16. The molecule has 2 fully saturated rings. The smallest absolute Gasteiger partial charge is 0.416 e. The van der Waals surface area contributed by atoms with Crippen LogP contribution >= 0.6 is 11.8 Å². The van der Waals surface area contributed by atoms with E-state index in [4.69, 9.17) is 4.42 Å². The molecule has 1 aliphatic carbocycles. The van der Waals surface area contributed by atoms with Gasteiger partial charge in [0.05, 0.1) is 5.56 Å². The second-order valence-electron chi connectivity index (χ2n) is 10.2. The number of nitrogens with zero attached hydrogens (tertiary/aromatic N) is 6. The molecule has 0 bridgehead atoms. The number of thioether (sulfide) groups is 1. The molecule has 6 rings (SSSR count). The van der Waals surface area contributed by atoms with Crippen LogP contribution in [0.15, 0.2) is 64.5 Å². The molecule has 1 saturated heterocycles. The van der Waals surface area contributed by atoms with Gasteiger partial charge in [-0.3, -0.25) is 0 Å². The van der Waals surface area contributed by atoms with Gasteiger partial charge >= 0.3 is 6.18 Å². The van der Waals surface area contributed by atoms with Crippen molar-refractivity contribution in [1.29, 1.82) is 0 Å². The zero-order chi connectivity index (χ0) is 26.3. The molecule has 1 aliphatic heterocycles. The van der Waals surface area contributed by atoms with E-state index in [2.05, 4.69) is 25.3 Å².